The fraction of sp³-hybridized carbons (Fsp3) is 0.622. The first-order valence-corrected chi connectivity index (χ1v) is 20.0. The van der Waals surface area contributed by atoms with Crippen molar-refractivity contribution in [1.82, 2.24) is 33.3 Å². The number of piperidine rings is 1. The molecule has 0 radical (unpaired) electrons. The van der Waals surface area contributed by atoms with Crippen molar-refractivity contribution in [2.24, 2.45) is 11.3 Å². The number of hydrogen-bond donors (Lipinski definition) is 0. The van der Waals surface area contributed by atoms with Crippen LogP contribution < -0.4 is 9.64 Å². The minimum Gasteiger partial charge on any atom is -0.451 e. The molecule has 5 fully saturated rings. The largest absolute Gasteiger partial charge is 0.451 e. The van der Waals surface area contributed by atoms with Crippen LogP contribution in [0.25, 0.3) is 0 Å². The van der Waals surface area contributed by atoms with Gasteiger partial charge in [-0.2, -0.15) is 17.0 Å². The van der Waals surface area contributed by atoms with E-state index in [2.05, 4.69) is 26.3 Å². The van der Waals surface area contributed by atoms with Crippen molar-refractivity contribution in [1.29, 1.82) is 0 Å². The standard InChI is InChI=1S/C37H51FN8O5S/c1-6-34(47)44-20-30-16-29(44)21-45(30)52(49,50)43-12-9-27(19-43)18-41-13-10-37(11-14-41)22-42(23-37)35-33(17-39-24-40-35)51-32-8-7-28(38)15-31(32)36(48)46(25(2)3)26(4)5/h6-8,15,17,24-27,29-30H,1,9-14,16,18-23H2,2-5H3/t27-,29+,30+/m1/s1. The predicted molar refractivity (Wildman–Crippen MR) is 195 cm³/mol. The average Bonchev–Trinajstić information content (AvgIpc) is 3.86. The fourth-order valence-electron chi connectivity index (χ4n) is 9.11. The van der Waals surface area contributed by atoms with E-state index in [1.54, 1.807) is 24.6 Å². The summed E-state index contributed by atoms with van der Waals surface area (Å²) in [6, 6.07) is 3.63. The highest BCUT2D eigenvalue weighted by molar-refractivity contribution is 7.86. The molecule has 1 aromatic carbocycles. The molecule has 1 spiro atoms. The predicted octanol–water partition coefficient (Wildman–Crippen LogP) is 3.61. The zero-order chi connectivity index (χ0) is 36.9. The summed E-state index contributed by atoms with van der Waals surface area (Å²) in [6.45, 7) is 17.6. The van der Waals surface area contributed by atoms with Crippen LogP contribution in [0, 0.1) is 17.2 Å². The lowest BCUT2D eigenvalue weighted by atomic mass is 9.72. The highest BCUT2D eigenvalue weighted by Gasteiger charge is 2.52. The molecule has 2 aromatic rings. The number of hydrogen-bond acceptors (Lipinski definition) is 9. The molecular formula is C37H51FN8O5S. The number of anilines is 1. The quantitative estimate of drug-likeness (QED) is 0.319. The summed E-state index contributed by atoms with van der Waals surface area (Å²) >= 11 is 0. The topological polar surface area (TPSA) is 123 Å². The lowest BCUT2D eigenvalue weighted by molar-refractivity contribution is -0.127. The summed E-state index contributed by atoms with van der Waals surface area (Å²) in [5, 5.41) is 0. The van der Waals surface area contributed by atoms with Gasteiger partial charge in [-0.25, -0.2) is 14.4 Å². The summed E-state index contributed by atoms with van der Waals surface area (Å²) in [7, 11) is -3.57. The maximum atomic E-state index is 14.4. The highest BCUT2D eigenvalue weighted by atomic mass is 32.2. The number of aromatic nitrogens is 2. The van der Waals surface area contributed by atoms with Gasteiger partial charge in [0.15, 0.2) is 11.6 Å². The number of rotatable bonds is 11. The minimum absolute atomic E-state index is 0.0656. The van der Waals surface area contributed by atoms with E-state index in [4.69, 9.17) is 4.74 Å². The highest BCUT2D eigenvalue weighted by Crippen LogP contribution is 2.45. The van der Waals surface area contributed by atoms with Crippen molar-refractivity contribution in [2.45, 2.75) is 77.5 Å². The SMILES string of the molecule is C=CC(=O)N1C[C@@H]2C[C@H]1CN2S(=O)(=O)N1CC[C@H](CN2CCC3(CC2)CN(c2ncncc2Oc2ccc(F)cc2C(=O)N(C(C)C)C(C)C)C3)C1. The van der Waals surface area contributed by atoms with Gasteiger partial charge in [-0.15, -0.1) is 0 Å². The second-order valence-corrected chi connectivity index (χ2v) is 17.7. The number of benzene rings is 1. The van der Waals surface area contributed by atoms with Crippen molar-refractivity contribution in [3.63, 3.8) is 0 Å². The zero-order valence-corrected chi connectivity index (χ0v) is 31.5. The average molecular weight is 739 g/mol. The molecule has 5 aliphatic rings. The number of carbonyl (C=O) groups is 2. The molecule has 282 valence electrons. The Labute approximate surface area is 306 Å². The molecule has 0 aliphatic carbocycles. The van der Waals surface area contributed by atoms with Crippen molar-refractivity contribution in [3.8, 4) is 11.5 Å². The van der Waals surface area contributed by atoms with Gasteiger partial charge in [0.1, 0.15) is 17.9 Å². The Morgan fingerprint density at radius 3 is 2.44 bits per heavy atom. The third kappa shape index (κ3) is 6.92. The molecule has 0 unspecified atom stereocenters. The van der Waals surface area contributed by atoms with Crippen molar-refractivity contribution in [3.05, 3.63) is 54.8 Å². The molecule has 15 heteroatoms. The molecule has 3 atom stereocenters. The molecule has 0 N–H and O–H groups in total. The molecule has 52 heavy (non-hydrogen) atoms. The molecule has 0 saturated carbocycles. The van der Waals surface area contributed by atoms with Gasteiger partial charge < -0.3 is 24.3 Å². The van der Waals surface area contributed by atoms with Gasteiger partial charge in [-0.3, -0.25) is 9.59 Å². The number of halogens is 1. The van der Waals surface area contributed by atoms with Crippen LogP contribution in [0.1, 0.15) is 63.7 Å². The number of amides is 2. The normalized spacial score (nSPS) is 24.9. The minimum atomic E-state index is -3.57. The molecule has 1 aromatic heterocycles. The van der Waals surface area contributed by atoms with Gasteiger partial charge >= 0.3 is 0 Å². The molecule has 6 heterocycles. The second kappa shape index (κ2) is 14.3. The summed E-state index contributed by atoms with van der Waals surface area (Å²) in [4.78, 5) is 42.6. The van der Waals surface area contributed by atoms with E-state index in [1.807, 2.05) is 27.7 Å². The molecule has 5 aliphatic heterocycles. The van der Waals surface area contributed by atoms with Gasteiger partial charge in [0.05, 0.1) is 11.8 Å². The van der Waals surface area contributed by atoms with E-state index >= 15 is 0 Å². The Kier molecular flexibility index (Phi) is 10.1. The number of carbonyl (C=O) groups excluding carboxylic acids is 2. The Hall–Kier alpha value is -3.66. The zero-order valence-electron chi connectivity index (χ0n) is 30.7. The van der Waals surface area contributed by atoms with Crippen molar-refractivity contribution >= 4 is 27.8 Å². The van der Waals surface area contributed by atoms with Crippen LogP contribution in [0.15, 0.2) is 43.4 Å². The van der Waals surface area contributed by atoms with Crippen LogP contribution >= 0.6 is 0 Å². The van der Waals surface area contributed by atoms with Gasteiger partial charge in [0.25, 0.3) is 16.1 Å². The second-order valence-electron chi connectivity index (χ2n) is 15.8. The Morgan fingerprint density at radius 1 is 1.06 bits per heavy atom. The molecule has 2 amide bonds. The monoisotopic (exact) mass is 738 g/mol. The Morgan fingerprint density at radius 2 is 1.79 bits per heavy atom. The van der Waals surface area contributed by atoms with Crippen LogP contribution in [0.2, 0.25) is 0 Å². The summed E-state index contributed by atoms with van der Waals surface area (Å²) in [5.41, 5.74) is 0.315. The van der Waals surface area contributed by atoms with Crippen LogP contribution in [-0.4, -0.2) is 137 Å². The number of likely N-dealkylation sites (tertiary alicyclic amines) is 2. The van der Waals surface area contributed by atoms with Gasteiger partial charge in [-0.1, -0.05) is 6.58 Å². The first-order chi connectivity index (χ1) is 24.8. The number of piperazine rings is 1. The summed E-state index contributed by atoms with van der Waals surface area (Å²) in [5.74, 6) is 0.681. The first kappa shape index (κ1) is 36.7. The number of fused-ring (bicyclic) bond motifs is 2. The van der Waals surface area contributed by atoms with E-state index < -0.39 is 16.0 Å². The van der Waals surface area contributed by atoms with Gasteiger partial charge in [0, 0.05) is 75.4 Å². The van der Waals surface area contributed by atoms with E-state index in [-0.39, 0.29) is 58.6 Å². The van der Waals surface area contributed by atoms with Gasteiger partial charge in [0.2, 0.25) is 5.91 Å². The third-order valence-corrected chi connectivity index (χ3v) is 13.7. The smallest absolute Gasteiger partial charge is 0.282 e. The lowest BCUT2D eigenvalue weighted by Gasteiger charge is -2.54. The van der Waals surface area contributed by atoms with E-state index in [9.17, 15) is 22.4 Å². The maximum Gasteiger partial charge on any atom is 0.282 e. The maximum absolute atomic E-state index is 14.4. The van der Waals surface area contributed by atoms with E-state index in [0.717, 1.165) is 52.0 Å². The van der Waals surface area contributed by atoms with Crippen LogP contribution in [0.4, 0.5) is 10.2 Å². The number of nitrogens with zero attached hydrogens (tertiary/aromatic N) is 8. The molecule has 7 rings (SSSR count). The number of ether oxygens (including phenoxy) is 1. The first-order valence-electron chi connectivity index (χ1n) is 18.6. The molecule has 13 nitrogen and oxygen atoms in total. The Balaban J connectivity index is 0.921. The van der Waals surface area contributed by atoms with Crippen molar-refractivity contribution < 1.29 is 27.1 Å². The molecule has 2 bridgehead atoms. The van der Waals surface area contributed by atoms with Crippen molar-refractivity contribution in [2.75, 3.05) is 63.8 Å². The third-order valence-electron chi connectivity index (χ3n) is 11.7. The van der Waals surface area contributed by atoms with Crippen LogP contribution in [-0.2, 0) is 15.0 Å². The summed E-state index contributed by atoms with van der Waals surface area (Å²) < 4.78 is 51.2. The fourth-order valence-corrected chi connectivity index (χ4v) is 11.0. The van der Waals surface area contributed by atoms with E-state index in [0.29, 0.717) is 44.2 Å². The lowest BCUT2D eigenvalue weighted by Crippen LogP contribution is -2.61. The van der Waals surface area contributed by atoms with Crippen LogP contribution in [0.3, 0.4) is 0 Å². The Bertz CT molecular complexity index is 1790. The van der Waals surface area contributed by atoms with E-state index in [1.165, 1.54) is 30.6 Å². The van der Waals surface area contributed by atoms with Crippen LogP contribution in [0.5, 0.6) is 11.5 Å². The molecular weight excluding hydrogens is 688 g/mol. The van der Waals surface area contributed by atoms with Gasteiger partial charge in [-0.05, 0) is 96.7 Å². The summed E-state index contributed by atoms with van der Waals surface area (Å²) in [6.07, 6.45) is 8.00. The molecule has 5 saturated heterocycles.